The second-order valence-electron chi connectivity index (χ2n) is 9.14. The van der Waals surface area contributed by atoms with Gasteiger partial charge in [-0.05, 0) is 73.5 Å². The molecular weight excluding hydrogens is 487 g/mol. The number of aromatic nitrogens is 3. The SMILES string of the molecule is Cc1cc(F)cc(C)c1Oc1ccc(N)cc1-c1cn(C)c(=O)c2sc(-c3nc4ccccc4[nH]3)cc12. The van der Waals surface area contributed by atoms with Crippen LogP contribution in [0.3, 0.4) is 0 Å². The molecule has 0 aliphatic heterocycles. The lowest BCUT2D eigenvalue weighted by Crippen LogP contribution is -2.15. The van der Waals surface area contributed by atoms with Gasteiger partial charge in [0.25, 0.3) is 5.56 Å². The molecule has 0 bridgehead atoms. The van der Waals surface area contributed by atoms with Gasteiger partial charge in [0, 0.05) is 35.4 Å². The summed E-state index contributed by atoms with van der Waals surface area (Å²) in [5, 5.41) is 0.784. The van der Waals surface area contributed by atoms with Crippen molar-refractivity contribution >= 4 is 38.1 Å². The number of aromatic amines is 1. The number of anilines is 1. The first-order chi connectivity index (χ1) is 17.8. The molecule has 6 rings (SSSR count). The molecule has 0 atom stereocenters. The first-order valence-electron chi connectivity index (χ1n) is 11.7. The number of nitrogens with zero attached hydrogens (tertiary/aromatic N) is 2. The molecule has 184 valence electrons. The molecule has 0 amide bonds. The summed E-state index contributed by atoms with van der Waals surface area (Å²) in [6.45, 7) is 3.62. The number of aryl methyl sites for hydroxylation is 3. The maximum absolute atomic E-state index is 13.9. The van der Waals surface area contributed by atoms with Gasteiger partial charge in [0.2, 0.25) is 0 Å². The number of hydrogen-bond acceptors (Lipinski definition) is 5. The number of rotatable bonds is 4. The van der Waals surface area contributed by atoms with Crippen LogP contribution in [0.15, 0.2) is 71.7 Å². The van der Waals surface area contributed by atoms with Gasteiger partial charge in [-0.25, -0.2) is 9.37 Å². The molecule has 0 radical (unpaired) electrons. The number of nitrogen functional groups attached to an aromatic ring is 1. The number of hydrogen-bond donors (Lipinski definition) is 2. The maximum Gasteiger partial charge on any atom is 0.268 e. The zero-order valence-corrected chi connectivity index (χ0v) is 21.2. The molecule has 3 N–H and O–H groups in total. The highest BCUT2D eigenvalue weighted by Gasteiger charge is 2.19. The zero-order valence-electron chi connectivity index (χ0n) is 20.4. The minimum Gasteiger partial charge on any atom is -0.456 e. The molecule has 8 heteroatoms. The number of para-hydroxylation sites is 2. The van der Waals surface area contributed by atoms with Gasteiger partial charge in [-0.2, -0.15) is 0 Å². The molecule has 0 saturated carbocycles. The van der Waals surface area contributed by atoms with Gasteiger partial charge in [0.05, 0.1) is 15.9 Å². The number of nitrogens with one attached hydrogen (secondary N) is 1. The van der Waals surface area contributed by atoms with E-state index < -0.39 is 0 Å². The van der Waals surface area contributed by atoms with Crippen molar-refractivity contribution < 1.29 is 9.13 Å². The molecule has 37 heavy (non-hydrogen) atoms. The first-order valence-corrected chi connectivity index (χ1v) is 12.5. The van der Waals surface area contributed by atoms with Gasteiger partial charge in [-0.1, -0.05) is 12.1 Å². The van der Waals surface area contributed by atoms with Gasteiger partial charge in [-0.3, -0.25) is 4.79 Å². The van der Waals surface area contributed by atoms with Crippen LogP contribution in [0.5, 0.6) is 11.5 Å². The number of imidazole rings is 1. The number of pyridine rings is 1. The van der Waals surface area contributed by atoms with E-state index in [1.54, 1.807) is 29.9 Å². The maximum atomic E-state index is 13.9. The predicted molar refractivity (Wildman–Crippen MR) is 148 cm³/mol. The van der Waals surface area contributed by atoms with E-state index in [0.29, 0.717) is 38.8 Å². The Hall–Kier alpha value is -4.43. The summed E-state index contributed by atoms with van der Waals surface area (Å²) in [4.78, 5) is 22.1. The van der Waals surface area contributed by atoms with Crippen LogP contribution in [0.2, 0.25) is 0 Å². The number of fused-ring (bicyclic) bond motifs is 2. The van der Waals surface area contributed by atoms with E-state index in [2.05, 4.69) is 4.98 Å². The van der Waals surface area contributed by atoms with E-state index >= 15 is 0 Å². The fourth-order valence-electron chi connectivity index (χ4n) is 4.65. The molecule has 6 nitrogen and oxygen atoms in total. The molecular formula is C29H23FN4O2S. The molecule has 0 aliphatic carbocycles. The lowest BCUT2D eigenvalue weighted by Gasteiger charge is -2.17. The van der Waals surface area contributed by atoms with Crippen molar-refractivity contribution in [2.24, 2.45) is 7.05 Å². The van der Waals surface area contributed by atoms with Gasteiger partial charge in [0.1, 0.15) is 27.8 Å². The van der Waals surface area contributed by atoms with Crippen LogP contribution in [0, 0.1) is 19.7 Å². The smallest absolute Gasteiger partial charge is 0.268 e. The van der Waals surface area contributed by atoms with Crippen molar-refractivity contribution in [2.75, 3.05) is 5.73 Å². The number of H-pyrrole nitrogens is 1. The molecule has 3 aromatic carbocycles. The Labute approximate surface area is 215 Å². The van der Waals surface area contributed by atoms with Crippen LogP contribution < -0.4 is 16.0 Å². The Morgan fingerprint density at radius 2 is 1.78 bits per heavy atom. The van der Waals surface area contributed by atoms with E-state index in [-0.39, 0.29) is 11.4 Å². The Bertz CT molecular complexity index is 1840. The van der Waals surface area contributed by atoms with Crippen LogP contribution >= 0.6 is 11.3 Å². The van der Waals surface area contributed by atoms with Crippen molar-refractivity contribution in [3.8, 4) is 33.3 Å². The second kappa shape index (κ2) is 8.60. The minimum absolute atomic E-state index is 0.0947. The highest BCUT2D eigenvalue weighted by Crippen LogP contribution is 2.42. The summed E-state index contributed by atoms with van der Waals surface area (Å²) >= 11 is 1.39. The standard InChI is InChI=1S/C29H23FN4O2S/c1-15-10-17(30)11-16(2)26(15)36-24-9-8-18(31)12-19(24)21-14-34(3)29(35)27-20(21)13-25(37-27)28-32-22-6-4-5-7-23(22)33-28/h4-14H,31H2,1-3H3,(H,32,33). The Morgan fingerprint density at radius 1 is 1.03 bits per heavy atom. The second-order valence-corrected chi connectivity index (χ2v) is 10.2. The summed E-state index contributed by atoms with van der Waals surface area (Å²) in [6, 6.07) is 18.1. The highest BCUT2D eigenvalue weighted by molar-refractivity contribution is 7.22. The monoisotopic (exact) mass is 510 g/mol. The van der Waals surface area contributed by atoms with E-state index in [1.165, 1.54) is 23.5 Å². The number of ether oxygens (including phenoxy) is 1. The quantitative estimate of drug-likeness (QED) is 0.252. The predicted octanol–water partition coefficient (Wildman–Crippen LogP) is 6.94. The van der Waals surface area contributed by atoms with Crippen molar-refractivity contribution in [1.82, 2.24) is 14.5 Å². The van der Waals surface area contributed by atoms with Crippen LogP contribution in [0.1, 0.15) is 11.1 Å². The Morgan fingerprint density at radius 3 is 2.54 bits per heavy atom. The van der Waals surface area contributed by atoms with Crippen molar-refractivity contribution in [3.05, 3.63) is 94.2 Å². The topological polar surface area (TPSA) is 85.9 Å². The third kappa shape index (κ3) is 3.95. The lowest BCUT2D eigenvalue weighted by molar-refractivity contribution is 0.474. The number of thiophene rings is 1. The van der Waals surface area contributed by atoms with Gasteiger partial charge >= 0.3 is 0 Å². The molecule has 3 aromatic heterocycles. The molecule has 0 spiro atoms. The van der Waals surface area contributed by atoms with Crippen LogP contribution in [0.4, 0.5) is 10.1 Å². The summed E-state index contributed by atoms with van der Waals surface area (Å²) in [5.41, 5.74) is 11.4. The normalized spacial score (nSPS) is 11.5. The Kier molecular flexibility index (Phi) is 5.35. The van der Waals surface area contributed by atoms with E-state index in [1.807, 2.05) is 50.2 Å². The van der Waals surface area contributed by atoms with Crippen LogP contribution in [-0.4, -0.2) is 14.5 Å². The average molecular weight is 511 g/mol. The number of halogens is 1. The first kappa shape index (κ1) is 23.0. The van der Waals surface area contributed by atoms with E-state index in [4.69, 9.17) is 15.5 Å². The van der Waals surface area contributed by atoms with Crippen LogP contribution in [-0.2, 0) is 7.05 Å². The fourth-order valence-corrected chi connectivity index (χ4v) is 5.75. The highest BCUT2D eigenvalue weighted by atomic mass is 32.1. The summed E-state index contributed by atoms with van der Waals surface area (Å²) in [6.07, 6.45) is 1.80. The molecule has 0 unspecified atom stereocenters. The fraction of sp³-hybridized carbons (Fsp3) is 0.103. The third-order valence-corrected chi connectivity index (χ3v) is 7.54. The van der Waals surface area contributed by atoms with Crippen molar-refractivity contribution in [1.29, 1.82) is 0 Å². The molecule has 0 aliphatic rings. The lowest BCUT2D eigenvalue weighted by atomic mass is 10.0. The summed E-state index contributed by atoms with van der Waals surface area (Å²) in [5.74, 6) is 1.54. The Balaban J connectivity index is 1.55. The number of benzene rings is 3. The molecule has 6 aromatic rings. The molecule has 3 heterocycles. The summed E-state index contributed by atoms with van der Waals surface area (Å²) < 4.78 is 22.4. The van der Waals surface area contributed by atoms with E-state index in [0.717, 1.165) is 32.4 Å². The minimum atomic E-state index is -0.309. The average Bonchev–Trinajstić information content (AvgIpc) is 3.49. The van der Waals surface area contributed by atoms with Gasteiger partial charge in [0.15, 0.2) is 0 Å². The van der Waals surface area contributed by atoms with Gasteiger partial charge < -0.3 is 20.0 Å². The largest absolute Gasteiger partial charge is 0.456 e. The van der Waals surface area contributed by atoms with Crippen LogP contribution in [0.25, 0.3) is 42.9 Å². The van der Waals surface area contributed by atoms with Crippen molar-refractivity contribution in [3.63, 3.8) is 0 Å². The summed E-state index contributed by atoms with van der Waals surface area (Å²) in [7, 11) is 1.73. The zero-order chi connectivity index (χ0) is 25.8. The number of nitrogens with two attached hydrogens (primary N) is 1. The van der Waals surface area contributed by atoms with Gasteiger partial charge in [-0.15, -0.1) is 11.3 Å². The molecule has 0 saturated heterocycles. The van der Waals surface area contributed by atoms with Crippen molar-refractivity contribution in [2.45, 2.75) is 13.8 Å². The van der Waals surface area contributed by atoms with E-state index in [9.17, 15) is 9.18 Å². The third-order valence-electron chi connectivity index (χ3n) is 6.41. The molecule has 0 fully saturated rings.